The van der Waals surface area contributed by atoms with Gasteiger partial charge in [0.05, 0.1) is 0 Å². The minimum absolute atomic E-state index is 0.281. The number of likely N-dealkylation sites (N-methyl/N-ethyl adjacent to an activating group) is 1. The molecule has 1 fully saturated rings. The Labute approximate surface area is 128 Å². The summed E-state index contributed by atoms with van der Waals surface area (Å²) in [4.78, 5) is 14.2. The monoisotopic (exact) mass is 288 g/mol. The summed E-state index contributed by atoms with van der Waals surface area (Å²) in [6, 6.07) is 10.4. The van der Waals surface area contributed by atoms with E-state index in [4.69, 9.17) is 0 Å². The fourth-order valence-electron chi connectivity index (χ4n) is 3.03. The summed E-state index contributed by atoms with van der Waals surface area (Å²) in [7, 11) is 1.93. The zero-order valence-electron chi connectivity index (χ0n) is 13.3. The predicted molar refractivity (Wildman–Crippen MR) is 87.2 cm³/mol. The Kier molecular flexibility index (Phi) is 6.24. The van der Waals surface area contributed by atoms with Crippen LogP contribution in [0.25, 0.3) is 0 Å². The van der Waals surface area contributed by atoms with Crippen molar-refractivity contribution in [2.24, 2.45) is 11.8 Å². The third-order valence-electron chi connectivity index (χ3n) is 4.64. The van der Waals surface area contributed by atoms with E-state index >= 15 is 0 Å². The molecule has 1 aliphatic heterocycles. The molecule has 0 spiro atoms. The highest BCUT2D eigenvalue weighted by Crippen LogP contribution is 2.23. The van der Waals surface area contributed by atoms with Gasteiger partial charge in [-0.2, -0.15) is 0 Å². The van der Waals surface area contributed by atoms with Gasteiger partial charge in [0, 0.05) is 20.0 Å². The van der Waals surface area contributed by atoms with E-state index in [0.29, 0.717) is 18.3 Å². The molecule has 1 N–H and O–H groups in total. The number of carbonyl (C=O) groups excluding carboxylic acids is 1. The average molecular weight is 288 g/mol. The zero-order chi connectivity index (χ0) is 15.1. The highest BCUT2D eigenvalue weighted by atomic mass is 16.2. The molecule has 21 heavy (non-hydrogen) atoms. The van der Waals surface area contributed by atoms with Gasteiger partial charge in [0.25, 0.3) is 0 Å². The Bertz CT molecular complexity index is 426. The number of carbonyl (C=O) groups is 1. The molecular formula is C18H28N2O. The van der Waals surface area contributed by atoms with Crippen molar-refractivity contribution in [1.82, 2.24) is 10.2 Å². The molecule has 1 saturated heterocycles. The highest BCUT2D eigenvalue weighted by Gasteiger charge is 2.23. The number of nitrogens with one attached hydrogen (secondary N) is 1. The molecule has 1 aliphatic rings. The van der Waals surface area contributed by atoms with Crippen LogP contribution in [-0.2, 0) is 11.2 Å². The van der Waals surface area contributed by atoms with Crippen molar-refractivity contribution in [3.8, 4) is 0 Å². The number of amides is 1. The van der Waals surface area contributed by atoms with Gasteiger partial charge in [-0.1, -0.05) is 37.3 Å². The van der Waals surface area contributed by atoms with Gasteiger partial charge in [0.1, 0.15) is 0 Å². The second-order valence-electron chi connectivity index (χ2n) is 6.34. The minimum atomic E-state index is 0.281. The Morgan fingerprint density at radius 2 is 2.14 bits per heavy atom. The van der Waals surface area contributed by atoms with Crippen LogP contribution in [0.15, 0.2) is 30.3 Å². The van der Waals surface area contributed by atoms with Crippen LogP contribution in [0.1, 0.15) is 31.7 Å². The van der Waals surface area contributed by atoms with Gasteiger partial charge in [-0.3, -0.25) is 4.79 Å². The molecule has 3 heteroatoms. The maximum atomic E-state index is 12.3. The number of benzene rings is 1. The Hall–Kier alpha value is -1.35. The molecule has 0 saturated carbocycles. The van der Waals surface area contributed by atoms with Gasteiger partial charge >= 0.3 is 0 Å². The molecule has 0 aliphatic carbocycles. The topological polar surface area (TPSA) is 32.3 Å². The van der Waals surface area contributed by atoms with Gasteiger partial charge in [-0.15, -0.1) is 0 Å². The molecule has 116 valence electrons. The fourth-order valence-corrected chi connectivity index (χ4v) is 3.03. The van der Waals surface area contributed by atoms with Crippen LogP contribution in [0.5, 0.6) is 0 Å². The largest absolute Gasteiger partial charge is 0.345 e. The number of hydrogen-bond acceptors (Lipinski definition) is 2. The van der Waals surface area contributed by atoms with Crippen LogP contribution < -0.4 is 5.32 Å². The molecule has 1 aromatic rings. The number of piperidine rings is 1. The molecule has 2 atom stereocenters. The first-order valence-electron chi connectivity index (χ1n) is 8.15. The Morgan fingerprint density at radius 3 is 2.81 bits per heavy atom. The summed E-state index contributed by atoms with van der Waals surface area (Å²) in [6.07, 6.45) is 4.11. The summed E-state index contributed by atoms with van der Waals surface area (Å²) in [5, 5.41) is 3.44. The molecule has 0 bridgehead atoms. The Balaban J connectivity index is 1.74. The van der Waals surface area contributed by atoms with E-state index in [2.05, 4.69) is 36.5 Å². The van der Waals surface area contributed by atoms with Crippen molar-refractivity contribution in [2.75, 3.05) is 26.7 Å². The van der Waals surface area contributed by atoms with E-state index in [1.165, 1.54) is 18.4 Å². The molecular weight excluding hydrogens is 260 g/mol. The minimum Gasteiger partial charge on any atom is -0.345 e. The van der Waals surface area contributed by atoms with Crippen LogP contribution in [0.4, 0.5) is 0 Å². The van der Waals surface area contributed by atoms with Crippen LogP contribution in [0.3, 0.4) is 0 Å². The zero-order valence-corrected chi connectivity index (χ0v) is 13.3. The van der Waals surface area contributed by atoms with E-state index < -0.39 is 0 Å². The summed E-state index contributed by atoms with van der Waals surface area (Å²) < 4.78 is 0. The first kappa shape index (κ1) is 16.0. The number of nitrogens with zero attached hydrogens (tertiary/aromatic N) is 1. The molecule has 2 unspecified atom stereocenters. The quantitative estimate of drug-likeness (QED) is 0.873. The van der Waals surface area contributed by atoms with Crippen molar-refractivity contribution in [3.63, 3.8) is 0 Å². The number of rotatable bonds is 6. The SMILES string of the molecule is CC(CC(=O)N(C)CCc1ccccc1)C1CCCNC1. The van der Waals surface area contributed by atoms with E-state index in [0.717, 1.165) is 26.1 Å². The lowest BCUT2D eigenvalue weighted by molar-refractivity contribution is -0.131. The van der Waals surface area contributed by atoms with Gasteiger partial charge in [-0.05, 0) is 49.8 Å². The second-order valence-corrected chi connectivity index (χ2v) is 6.34. The summed E-state index contributed by atoms with van der Waals surface area (Å²) in [6.45, 7) is 5.23. The van der Waals surface area contributed by atoms with Gasteiger partial charge in [-0.25, -0.2) is 0 Å². The number of hydrogen-bond donors (Lipinski definition) is 1. The van der Waals surface area contributed by atoms with E-state index in [1.54, 1.807) is 0 Å². The summed E-state index contributed by atoms with van der Waals surface area (Å²) >= 11 is 0. The smallest absolute Gasteiger partial charge is 0.222 e. The van der Waals surface area contributed by atoms with Crippen molar-refractivity contribution in [3.05, 3.63) is 35.9 Å². The Morgan fingerprint density at radius 1 is 1.38 bits per heavy atom. The molecule has 0 radical (unpaired) electrons. The van der Waals surface area contributed by atoms with Gasteiger partial charge < -0.3 is 10.2 Å². The van der Waals surface area contributed by atoms with Crippen molar-refractivity contribution in [1.29, 1.82) is 0 Å². The van der Waals surface area contributed by atoms with Gasteiger partial charge in [0.15, 0.2) is 0 Å². The van der Waals surface area contributed by atoms with Crippen LogP contribution >= 0.6 is 0 Å². The molecule has 2 rings (SSSR count). The molecule has 1 amide bonds. The third-order valence-corrected chi connectivity index (χ3v) is 4.64. The molecule has 0 aromatic heterocycles. The van der Waals surface area contributed by atoms with Crippen molar-refractivity contribution in [2.45, 2.75) is 32.6 Å². The summed E-state index contributed by atoms with van der Waals surface area (Å²) in [5.41, 5.74) is 1.29. The first-order valence-corrected chi connectivity index (χ1v) is 8.15. The normalized spacial score (nSPS) is 20.0. The predicted octanol–water partition coefficient (Wildman–Crippen LogP) is 2.71. The maximum Gasteiger partial charge on any atom is 0.222 e. The highest BCUT2D eigenvalue weighted by molar-refractivity contribution is 5.76. The fraction of sp³-hybridized carbons (Fsp3) is 0.611. The summed E-state index contributed by atoms with van der Waals surface area (Å²) in [5.74, 6) is 1.42. The molecule has 3 nitrogen and oxygen atoms in total. The maximum absolute atomic E-state index is 12.3. The van der Waals surface area contributed by atoms with E-state index in [1.807, 2.05) is 18.0 Å². The lowest BCUT2D eigenvalue weighted by Gasteiger charge is -2.29. The van der Waals surface area contributed by atoms with Crippen LogP contribution in [0.2, 0.25) is 0 Å². The lowest BCUT2D eigenvalue weighted by atomic mass is 9.85. The second kappa shape index (κ2) is 8.18. The van der Waals surface area contributed by atoms with Crippen LogP contribution in [-0.4, -0.2) is 37.5 Å². The average Bonchev–Trinajstić information content (AvgIpc) is 2.54. The van der Waals surface area contributed by atoms with E-state index in [9.17, 15) is 4.79 Å². The van der Waals surface area contributed by atoms with Gasteiger partial charge in [0.2, 0.25) is 5.91 Å². The third kappa shape index (κ3) is 5.16. The van der Waals surface area contributed by atoms with Crippen LogP contribution in [0, 0.1) is 11.8 Å². The van der Waals surface area contributed by atoms with E-state index in [-0.39, 0.29) is 5.91 Å². The lowest BCUT2D eigenvalue weighted by Crippen LogP contribution is -2.36. The van der Waals surface area contributed by atoms with Crippen molar-refractivity contribution >= 4 is 5.91 Å². The standard InChI is InChI=1S/C18H28N2O/c1-15(17-9-6-11-19-14-17)13-18(21)20(2)12-10-16-7-4-3-5-8-16/h3-5,7-8,15,17,19H,6,9-14H2,1-2H3. The molecule has 1 heterocycles. The molecule has 1 aromatic carbocycles. The van der Waals surface area contributed by atoms with Crippen molar-refractivity contribution < 1.29 is 4.79 Å². The first-order chi connectivity index (χ1) is 10.2.